The summed E-state index contributed by atoms with van der Waals surface area (Å²) in [5.74, 6) is 1.04. The largest absolute Gasteiger partial charge is 0.435 e. The number of rotatable bonds is 2. The molecule has 0 amide bonds. The summed E-state index contributed by atoms with van der Waals surface area (Å²) in [7, 11) is 0. The Morgan fingerprint density at radius 2 is 2.07 bits per heavy atom. The maximum atomic E-state index is 5.69. The molecular weight excluding hydrogens is 190 g/mol. The first kappa shape index (κ1) is 9.45. The van der Waals surface area contributed by atoms with Crippen molar-refractivity contribution in [3.63, 3.8) is 0 Å². The van der Waals surface area contributed by atoms with Crippen LogP contribution < -0.4 is 10.5 Å². The monoisotopic (exact) mass is 201 g/mol. The maximum absolute atomic E-state index is 5.69. The number of hydrogen-bond acceptors (Lipinski definition) is 4. The smallest absolute Gasteiger partial charge is 0.242 e. The summed E-state index contributed by atoms with van der Waals surface area (Å²) in [4.78, 5) is 8.13. The molecule has 2 rings (SSSR count). The Balaban J connectivity index is 2.22. The summed E-state index contributed by atoms with van der Waals surface area (Å²) in [6.07, 6.45) is 3.27. The van der Waals surface area contributed by atoms with Crippen LogP contribution in [0.1, 0.15) is 5.69 Å². The summed E-state index contributed by atoms with van der Waals surface area (Å²) >= 11 is 0. The molecule has 0 bridgehead atoms. The second-order valence-electron chi connectivity index (χ2n) is 3.14. The zero-order valence-corrected chi connectivity index (χ0v) is 8.34. The van der Waals surface area contributed by atoms with Crippen LogP contribution in [-0.4, -0.2) is 9.97 Å². The van der Waals surface area contributed by atoms with Gasteiger partial charge < -0.3 is 10.5 Å². The van der Waals surface area contributed by atoms with Gasteiger partial charge in [-0.05, 0) is 31.2 Å². The van der Waals surface area contributed by atoms with Gasteiger partial charge in [-0.3, -0.25) is 4.98 Å². The molecular formula is C11H11N3O. The van der Waals surface area contributed by atoms with Crippen LogP contribution in [0, 0.1) is 6.92 Å². The van der Waals surface area contributed by atoms with Crippen molar-refractivity contribution in [2.45, 2.75) is 6.92 Å². The number of anilines is 1. The summed E-state index contributed by atoms with van der Waals surface area (Å²) < 4.78 is 5.47. The molecule has 0 atom stereocenters. The third-order valence-electron chi connectivity index (χ3n) is 1.90. The van der Waals surface area contributed by atoms with Gasteiger partial charge in [0.15, 0.2) is 0 Å². The molecule has 2 heterocycles. The molecule has 2 aromatic rings. The van der Waals surface area contributed by atoms with Crippen molar-refractivity contribution in [2.24, 2.45) is 0 Å². The van der Waals surface area contributed by atoms with Crippen LogP contribution >= 0.6 is 0 Å². The van der Waals surface area contributed by atoms with E-state index in [1.54, 1.807) is 24.5 Å². The van der Waals surface area contributed by atoms with Gasteiger partial charge in [-0.2, -0.15) is 0 Å². The molecule has 2 N–H and O–H groups in total. The molecule has 4 heteroatoms. The zero-order chi connectivity index (χ0) is 10.7. The molecule has 2 aromatic heterocycles. The van der Waals surface area contributed by atoms with Crippen molar-refractivity contribution in [3.05, 3.63) is 42.4 Å². The van der Waals surface area contributed by atoms with Crippen LogP contribution in [0.5, 0.6) is 11.6 Å². The second-order valence-corrected chi connectivity index (χ2v) is 3.14. The highest BCUT2D eigenvalue weighted by Crippen LogP contribution is 2.23. The Hall–Kier alpha value is -2.10. The minimum Gasteiger partial charge on any atom is -0.435 e. The molecule has 0 fully saturated rings. The van der Waals surface area contributed by atoms with E-state index in [2.05, 4.69) is 9.97 Å². The number of pyridine rings is 2. The molecule has 0 radical (unpaired) electrons. The SMILES string of the molecule is Cc1ccc(Oc2ncccc2N)cn1. The van der Waals surface area contributed by atoms with Crippen molar-refractivity contribution < 1.29 is 4.74 Å². The molecule has 0 aliphatic heterocycles. The quantitative estimate of drug-likeness (QED) is 0.808. The fourth-order valence-electron chi connectivity index (χ4n) is 1.11. The van der Waals surface area contributed by atoms with E-state index in [9.17, 15) is 0 Å². The van der Waals surface area contributed by atoms with E-state index in [4.69, 9.17) is 10.5 Å². The number of nitrogen functional groups attached to an aromatic ring is 1. The Morgan fingerprint density at radius 1 is 1.20 bits per heavy atom. The molecule has 4 nitrogen and oxygen atoms in total. The molecule has 0 aromatic carbocycles. The van der Waals surface area contributed by atoms with E-state index in [0.717, 1.165) is 5.69 Å². The number of aryl methyl sites for hydroxylation is 1. The van der Waals surface area contributed by atoms with Crippen LogP contribution in [0.4, 0.5) is 5.69 Å². The number of ether oxygens (including phenoxy) is 1. The van der Waals surface area contributed by atoms with E-state index in [1.165, 1.54) is 0 Å². The lowest BCUT2D eigenvalue weighted by Gasteiger charge is -2.05. The Bertz CT molecular complexity index is 454. The maximum Gasteiger partial charge on any atom is 0.242 e. The fourth-order valence-corrected chi connectivity index (χ4v) is 1.11. The van der Waals surface area contributed by atoms with E-state index >= 15 is 0 Å². The van der Waals surface area contributed by atoms with E-state index in [0.29, 0.717) is 17.3 Å². The molecule has 15 heavy (non-hydrogen) atoms. The minimum absolute atomic E-state index is 0.406. The standard InChI is InChI=1S/C11H11N3O/c1-8-4-5-9(7-14-8)15-11-10(12)3-2-6-13-11/h2-7H,12H2,1H3. The van der Waals surface area contributed by atoms with Crippen molar-refractivity contribution in [1.82, 2.24) is 9.97 Å². The topological polar surface area (TPSA) is 61.0 Å². The van der Waals surface area contributed by atoms with Gasteiger partial charge >= 0.3 is 0 Å². The number of hydrogen-bond donors (Lipinski definition) is 1. The van der Waals surface area contributed by atoms with Crippen molar-refractivity contribution in [3.8, 4) is 11.6 Å². The Labute approximate surface area is 87.7 Å². The first-order chi connectivity index (χ1) is 7.25. The van der Waals surface area contributed by atoms with Gasteiger partial charge in [-0.15, -0.1) is 0 Å². The zero-order valence-electron chi connectivity index (χ0n) is 8.34. The first-order valence-electron chi connectivity index (χ1n) is 4.57. The summed E-state index contributed by atoms with van der Waals surface area (Å²) in [6, 6.07) is 7.20. The number of nitrogens with zero attached hydrogens (tertiary/aromatic N) is 2. The van der Waals surface area contributed by atoms with Gasteiger partial charge in [0.2, 0.25) is 5.88 Å². The van der Waals surface area contributed by atoms with Gasteiger partial charge in [-0.25, -0.2) is 4.98 Å². The van der Waals surface area contributed by atoms with Crippen molar-refractivity contribution in [2.75, 3.05) is 5.73 Å². The molecule has 0 unspecified atom stereocenters. The highest BCUT2D eigenvalue weighted by atomic mass is 16.5. The van der Waals surface area contributed by atoms with E-state index in [-0.39, 0.29) is 0 Å². The van der Waals surface area contributed by atoms with Gasteiger partial charge in [0.25, 0.3) is 0 Å². The van der Waals surface area contributed by atoms with Gasteiger partial charge in [0.05, 0.1) is 11.9 Å². The molecule has 0 spiro atoms. The van der Waals surface area contributed by atoms with Gasteiger partial charge in [0.1, 0.15) is 5.75 Å². The summed E-state index contributed by atoms with van der Waals surface area (Å²) in [6.45, 7) is 1.92. The molecule has 0 aliphatic carbocycles. The van der Waals surface area contributed by atoms with E-state index in [1.807, 2.05) is 19.1 Å². The lowest BCUT2D eigenvalue weighted by Crippen LogP contribution is -1.94. The van der Waals surface area contributed by atoms with Crippen molar-refractivity contribution >= 4 is 5.69 Å². The van der Waals surface area contributed by atoms with Crippen LogP contribution in [0.25, 0.3) is 0 Å². The average molecular weight is 201 g/mol. The number of nitrogens with two attached hydrogens (primary N) is 1. The lowest BCUT2D eigenvalue weighted by atomic mass is 10.4. The molecule has 76 valence electrons. The van der Waals surface area contributed by atoms with Crippen LogP contribution in [0.15, 0.2) is 36.7 Å². The number of aromatic nitrogens is 2. The van der Waals surface area contributed by atoms with Crippen LogP contribution in [0.2, 0.25) is 0 Å². The molecule has 0 saturated carbocycles. The molecule has 0 saturated heterocycles. The summed E-state index contributed by atoms with van der Waals surface area (Å²) in [5.41, 5.74) is 7.14. The third kappa shape index (κ3) is 2.22. The minimum atomic E-state index is 0.406. The highest BCUT2D eigenvalue weighted by molar-refractivity contribution is 5.48. The fraction of sp³-hybridized carbons (Fsp3) is 0.0909. The van der Waals surface area contributed by atoms with Crippen molar-refractivity contribution in [1.29, 1.82) is 0 Å². The van der Waals surface area contributed by atoms with Gasteiger partial charge in [0, 0.05) is 11.9 Å². The normalized spacial score (nSPS) is 9.93. The average Bonchev–Trinajstić information content (AvgIpc) is 2.25. The van der Waals surface area contributed by atoms with E-state index < -0.39 is 0 Å². The van der Waals surface area contributed by atoms with Crippen LogP contribution in [-0.2, 0) is 0 Å². The molecule has 0 aliphatic rings. The Kier molecular flexibility index (Phi) is 2.49. The Morgan fingerprint density at radius 3 is 2.73 bits per heavy atom. The highest BCUT2D eigenvalue weighted by Gasteiger charge is 2.02. The second kappa shape index (κ2) is 3.96. The summed E-state index contributed by atoms with van der Waals surface area (Å²) in [5, 5.41) is 0. The predicted molar refractivity (Wildman–Crippen MR) is 57.7 cm³/mol. The van der Waals surface area contributed by atoms with Crippen LogP contribution in [0.3, 0.4) is 0 Å². The first-order valence-corrected chi connectivity index (χ1v) is 4.57. The predicted octanol–water partition coefficient (Wildman–Crippen LogP) is 2.16. The third-order valence-corrected chi connectivity index (χ3v) is 1.90. The lowest BCUT2D eigenvalue weighted by molar-refractivity contribution is 0.463. The van der Waals surface area contributed by atoms with Gasteiger partial charge in [-0.1, -0.05) is 0 Å².